The molecule has 0 aliphatic rings. The summed E-state index contributed by atoms with van der Waals surface area (Å²) in [4.78, 5) is 14.2. The maximum atomic E-state index is 12.2. The highest BCUT2D eigenvalue weighted by molar-refractivity contribution is 5.94. The molecular formula is C19H24N2O2. The summed E-state index contributed by atoms with van der Waals surface area (Å²) in [5.74, 6) is -0.166. The lowest BCUT2D eigenvalue weighted by Crippen LogP contribution is -2.28. The molecule has 1 amide bonds. The van der Waals surface area contributed by atoms with Crippen molar-refractivity contribution < 1.29 is 9.90 Å². The van der Waals surface area contributed by atoms with Crippen LogP contribution in [0.2, 0.25) is 0 Å². The molecule has 0 aliphatic heterocycles. The smallest absolute Gasteiger partial charge is 0.251 e. The summed E-state index contributed by atoms with van der Waals surface area (Å²) >= 11 is 0. The lowest BCUT2D eigenvalue weighted by atomic mass is 10.1. The molecule has 0 aliphatic carbocycles. The molecule has 2 aromatic rings. The monoisotopic (exact) mass is 312 g/mol. The van der Waals surface area contributed by atoms with Gasteiger partial charge in [-0.15, -0.1) is 0 Å². The number of aliphatic hydroxyl groups excluding tert-OH is 1. The van der Waals surface area contributed by atoms with Crippen LogP contribution in [0.1, 0.15) is 33.2 Å². The third kappa shape index (κ3) is 4.57. The number of rotatable bonds is 5. The molecule has 2 aromatic carbocycles. The molecule has 2 rings (SSSR count). The highest BCUT2D eigenvalue weighted by atomic mass is 16.3. The van der Waals surface area contributed by atoms with Crippen LogP contribution in [0.3, 0.4) is 0 Å². The fourth-order valence-electron chi connectivity index (χ4n) is 2.51. The van der Waals surface area contributed by atoms with Crippen molar-refractivity contribution in [2.24, 2.45) is 0 Å². The predicted molar refractivity (Wildman–Crippen MR) is 94.0 cm³/mol. The molecule has 0 saturated carbocycles. The van der Waals surface area contributed by atoms with E-state index in [2.05, 4.69) is 5.32 Å². The van der Waals surface area contributed by atoms with Gasteiger partial charge in [-0.2, -0.15) is 0 Å². The lowest BCUT2D eigenvalue weighted by molar-refractivity contribution is 0.0916. The van der Waals surface area contributed by atoms with Crippen molar-refractivity contribution in [3.05, 3.63) is 64.7 Å². The molecular weight excluding hydrogens is 288 g/mol. The van der Waals surface area contributed by atoms with Gasteiger partial charge in [0, 0.05) is 31.9 Å². The van der Waals surface area contributed by atoms with E-state index in [0.717, 1.165) is 22.4 Å². The van der Waals surface area contributed by atoms with Crippen molar-refractivity contribution >= 4 is 11.6 Å². The Kier molecular flexibility index (Phi) is 5.40. The zero-order valence-electron chi connectivity index (χ0n) is 14.1. The summed E-state index contributed by atoms with van der Waals surface area (Å²) in [5.41, 5.74) is 4.58. The summed E-state index contributed by atoms with van der Waals surface area (Å²) in [6, 6.07) is 13.4. The van der Waals surface area contributed by atoms with Crippen molar-refractivity contribution in [2.45, 2.75) is 20.0 Å². The van der Waals surface area contributed by atoms with Gasteiger partial charge in [0.2, 0.25) is 0 Å². The van der Waals surface area contributed by atoms with Crippen LogP contribution >= 0.6 is 0 Å². The minimum Gasteiger partial charge on any atom is -0.387 e. The number of nitrogens with one attached hydrogen (secondary N) is 1. The predicted octanol–water partition coefficient (Wildman–Crippen LogP) is 2.83. The Morgan fingerprint density at radius 3 is 2.17 bits per heavy atom. The van der Waals surface area contributed by atoms with E-state index < -0.39 is 6.10 Å². The maximum Gasteiger partial charge on any atom is 0.251 e. The van der Waals surface area contributed by atoms with Crippen LogP contribution in [0.4, 0.5) is 5.69 Å². The molecule has 2 N–H and O–H groups in total. The number of aliphatic hydroxyl groups is 1. The third-order valence-corrected chi connectivity index (χ3v) is 3.73. The van der Waals surface area contributed by atoms with Gasteiger partial charge in [-0.3, -0.25) is 4.79 Å². The van der Waals surface area contributed by atoms with Gasteiger partial charge in [-0.05, 0) is 43.7 Å². The molecule has 0 spiro atoms. The molecule has 1 atom stereocenters. The second kappa shape index (κ2) is 7.29. The van der Waals surface area contributed by atoms with E-state index >= 15 is 0 Å². The van der Waals surface area contributed by atoms with Gasteiger partial charge < -0.3 is 15.3 Å². The van der Waals surface area contributed by atoms with Gasteiger partial charge >= 0.3 is 0 Å². The number of amides is 1. The molecule has 1 unspecified atom stereocenters. The quantitative estimate of drug-likeness (QED) is 0.892. The first-order valence-electron chi connectivity index (χ1n) is 7.68. The van der Waals surface area contributed by atoms with Crippen molar-refractivity contribution in [2.75, 3.05) is 25.5 Å². The average Bonchev–Trinajstić information content (AvgIpc) is 2.51. The highest BCUT2D eigenvalue weighted by Crippen LogP contribution is 2.17. The normalized spacial score (nSPS) is 11.9. The van der Waals surface area contributed by atoms with E-state index in [0.29, 0.717) is 5.56 Å². The van der Waals surface area contributed by atoms with Gasteiger partial charge in [-0.25, -0.2) is 0 Å². The number of nitrogens with zero attached hydrogens (tertiary/aromatic N) is 1. The summed E-state index contributed by atoms with van der Waals surface area (Å²) in [6.45, 7) is 4.11. The van der Waals surface area contributed by atoms with E-state index in [1.807, 2.05) is 75.3 Å². The van der Waals surface area contributed by atoms with Crippen LogP contribution in [0.15, 0.2) is 42.5 Å². The van der Waals surface area contributed by atoms with Crippen molar-refractivity contribution in [3.63, 3.8) is 0 Å². The van der Waals surface area contributed by atoms with E-state index in [9.17, 15) is 9.90 Å². The Hall–Kier alpha value is -2.33. The molecule has 122 valence electrons. The van der Waals surface area contributed by atoms with Crippen LogP contribution in [0, 0.1) is 13.8 Å². The Morgan fingerprint density at radius 2 is 1.65 bits per heavy atom. The van der Waals surface area contributed by atoms with E-state index in [1.165, 1.54) is 0 Å². The van der Waals surface area contributed by atoms with Crippen LogP contribution in [-0.4, -0.2) is 31.7 Å². The second-order valence-corrected chi connectivity index (χ2v) is 6.09. The van der Waals surface area contributed by atoms with Crippen molar-refractivity contribution in [1.29, 1.82) is 0 Å². The molecule has 0 bridgehead atoms. The zero-order valence-corrected chi connectivity index (χ0v) is 14.1. The number of benzene rings is 2. The Balaban J connectivity index is 1.97. The number of hydrogen-bond acceptors (Lipinski definition) is 3. The molecule has 0 heterocycles. The molecule has 0 radical (unpaired) electrons. The number of hydrogen-bond donors (Lipinski definition) is 2. The Morgan fingerprint density at radius 1 is 1.09 bits per heavy atom. The first kappa shape index (κ1) is 17.0. The van der Waals surface area contributed by atoms with Crippen molar-refractivity contribution in [3.8, 4) is 0 Å². The summed E-state index contributed by atoms with van der Waals surface area (Å²) in [5, 5.41) is 13.0. The van der Waals surface area contributed by atoms with Crippen molar-refractivity contribution in [1.82, 2.24) is 5.32 Å². The molecule has 23 heavy (non-hydrogen) atoms. The minimum absolute atomic E-state index is 0.166. The average molecular weight is 312 g/mol. The molecule has 0 aromatic heterocycles. The SMILES string of the molecule is Cc1cc(C)cc(C(=O)NCC(O)c2ccc(N(C)C)cc2)c1. The number of aryl methyl sites for hydroxylation is 2. The van der Waals surface area contributed by atoms with Gasteiger partial charge in [0.15, 0.2) is 0 Å². The number of carbonyl (C=O) groups excluding carboxylic acids is 1. The fourth-order valence-corrected chi connectivity index (χ4v) is 2.51. The highest BCUT2D eigenvalue weighted by Gasteiger charge is 2.11. The van der Waals surface area contributed by atoms with Gasteiger partial charge in [0.25, 0.3) is 5.91 Å². The summed E-state index contributed by atoms with van der Waals surface area (Å²) < 4.78 is 0. The van der Waals surface area contributed by atoms with Crippen LogP contribution < -0.4 is 10.2 Å². The first-order valence-corrected chi connectivity index (χ1v) is 7.68. The van der Waals surface area contributed by atoms with E-state index in [-0.39, 0.29) is 12.5 Å². The molecule has 4 heteroatoms. The van der Waals surface area contributed by atoms with Crippen LogP contribution in [0.25, 0.3) is 0 Å². The van der Waals surface area contributed by atoms with Gasteiger partial charge in [-0.1, -0.05) is 29.3 Å². The Labute approximate surface area is 137 Å². The van der Waals surface area contributed by atoms with E-state index in [1.54, 1.807) is 0 Å². The van der Waals surface area contributed by atoms with Gasteiger partial charge in [0.1, 0.15) is 0 Å². The lowest BCUT2D eigenvalue weighted by Gasteiger charge is -2.16. The molecule has 0 fully saturated rings. The topological polar surface area (TPSA) is 52.6 Å². The van der Waals surface area contributed by atoms with Crippen LogP contribution in [-0.2, 0) is 0 Å². The Bertz CT molecular complexity index is 658. The second-order valence-electron chi connectivity index (χ2n) is 6.09. The number of anilines is 1. The summed E-state index contributed by atoms with van der Waals surface area (Å²) in [7, 11) is 3.94. The van der Waals surface area contributed by atoms with Crippen LogP contribution in [0.5, 0.6) is 0 Å². The largest absolute Gasteiger partial charge is 0.387 e. The first-order chi connectivity index (χ1) is 10.9. The maximum absolute atomic E-state index is 12.2. The molecule has 4 nitrogen and oxygen atoms in total. The van der Waals surface area contributed by atoms with E-state index in [4.69, 9.17) is 0 Å². The standard InChI is InChI=1S/C19H24N2O2/c1-13-9-14(2)11-16(10-13)19(23)20-12-18(22)15-5-7-17(8-6-15)21(3)4/h5-11,18,22H,12H2,1-4H3,(H,20,23). The zero-order chi connectivity index (χ0) is 17.0. The summed E-state index contributed by atoms with van der Waals surface area (Å²) in [6.07, 6.45) is -0.721. The third-order valence-electron chi connectivity index (χ3n) is 3.73. The van der Waals surface area contributed by atoms with Gasteiger partial charge in [0.05, 0.1) is 6.10 Å². The molecule has 0 saturated heterocycles. The minimum atomic E-state index is -0.721. The fraction of sp³-hybridized carbons (Fsp3) is 0.316. The number of carbonyl (C=O) groups is 1.